The van der Waals surface area contributed by atoms with Gasteiger partial charge in [0.1, 0.15) is 22.3 Å². The van der Waals surface area contributed by atoms with Crippen molar-refractivity contribution in [1.29, 1.82) is 0 Å². The third kappa shape index (κ3) is 4.22. The molecule has 0 aliphatic heterocycles. The van der Waals surface area contributed by atoms with E-state index in [1.807, 2.05) is 12.1 Å². The van der Waals surface area contributed by atoms with Gasteiger partial charge in [0.25, 0.3) is 0 Å². The Morgan fingerprint density at radius 2 is 0.981 bits per heavy atom. The fourth-order valence-electron chi connectivity index (χ4n) is 9.35. The van der Waals surface area contributed by atoms with Gasteiger partial charge in [-0.1, -0.05) is 140 Å². The van der Waals surface area contributed by atoms with E-state index in [1.165, 1.54) is 65.7 Å². The van der Waals surface area contributed by atoms with Crippen LogP contribution in [0.15, 0.2) is 179 Å². The van der Waals surface area contributed by atoms with Crippen molar-refractivity contribution < 1.29 is 8.83 Å². The largest absolute Gasteiger partial charge is 0.456 e. The van der Waals surface area contributed by atoms with Gasteiger partial charge in [0.15, 0.2) is 0 Å². The molecular formula is C52H32O2. The summed E-state index contributed by atoms with van der Waals surface area (Å²) in [5, 5.41) is 14.5. The molecule has 2 heteroatoms. The molecule has 0 saturated carbocycles. The molecule has 9 aromatic carbocycles. The summed E-state index contributed by atoms with van der Waals surface area (Å²) in [6, 6.07) is 57.0. The molecule has 2 nitrogen and oxygen atoms in total. The molecule has 12 rings (SSSR count). The molecule has 0 unspecified atom stereocenters. The maximum atomic E-state index is 6.59. The highest BCUT2D eigenvalue weighted by Gasteiger charge is 2.22. The average Bonchev–Trinajstić information content (AvgIpc) is 3.81. The molecule has 11 aromatic rings. The summed E-state index contributed by atoms with van der Waals surface area (Å²) in [4.78, 5) is 0. The van der Waals surface area contributed by atoms with E-state index in [0.717, 1.165) is 67.5 Å². The predicted octanol–water partition coefficient (Wildman–Crippen LogP) is 15.0. The lowest BCUT2D eigenvalue weighted by Gasteiger charge is -2.22. The van der Waals surface area contributed by atoms with Gasteiger partial charge in [-0.05, 0) is 114 Å². The van der Waals surface area contributed by atoms with Gasteiger partial charge in [-0.25, -0.2) is 0 Å². The van der Waals surface area contributed by atoms with Crippen molar-refractivity contribution in [2.75, 3.05) is 0 Å². The van der Waals surface area contributed by atoms with E-state index in [0.29, 0.717) is 0 Å². The third-order valence-corrected chi connectivity index (χ3v) is 11.8. The highest BCUT2D eigenvalue weighted by Crippen LogP contribution is 2.47. The van der Waals surface area contributed by atoms with Crippen molar-refractivity contribution in [3.05, 3.63) is 181 Å². The summed E-state index contributed by atoms with van der Waals surface area (Å²) in [6.45, 7) is 0. The minimum Gasteiger partial charge on any atom is -0.456 e. The first kappa shape index (κ1) is 29.7. The zero-order valence-electron chi connectivity index (χ0n) is 29.4. The van der Waals surface area contributed by atoms with Gasteiger partial charge >= 0.3 is 0 Å². The standard InChI is InChI=1S/C52H32O2/c1-2-12-36-32(10-1)11-9-18-38(36)50-41-16-5-3-14-39(41)48(40-15-4-6-17-42(40)50)33-22-20-31(21-23-33)35-25-28-44-47(30-35)53-46-29-26-34-24-27-43-37-13-7-8-19-45(37)54-52(43)49(34)51(44)46/h1-20,22,24-30H,21,23H2. The maximum absolute atomic E-state index is 6.59. The summed E-state index contributed by atoms with van der Waals surface area (Å²) in [7, 11) is 0. The Hall–Kier alpha value is -6.90. The second kappa shape index (κ2) is 11.3. The SMILES string of the molecule is C1=C(c2ccc3c(c2)oc2ccc4ccc5c6ccccc6oc5c4c23)CCC(c2c3ccccc3c(-c3cccc4ccccc34)c3ccccc23)=C1. The second-order valence-corrected chi connectivity index (χ2v) is 14.6. The number of benzene rings is 9. The average molecular weight is 689 g/mol. The van der Waals surface area contributed by atoms with Crippen LogP contribution >= 0.6 is 0 Å². The molecule has 0 radical (unpaired) electrons. The van der Waals surface area contributed by atoms with Gasteiger partial charge < -0.3 is 8.83 Å². The van der Waals surface area contributed by atoms with E-state index in [4.69, 9.17) is 8.83 Å². The number of rotatable bonds is 3. The Labute approximate surface area is 310 Å². The van der Waals surface area contributed by atoms with Gasteiger partial charge in [0.05, 0.1) is 0 Å². The normalized spacial score (nSPS) is 13.6. The van der Waals surface area contributed by atoms with Crippen molar-refractivity contribution >= 4 is 98.1 Å². The van der Waals surface area contributed by atoms with Gasteiger partial charge in [-0.3, -0.25) is 0 Å². The van der Waals surface area contributed by atoms with Crippen molar-refractivity contribution in [2.24, 2.45) is 0 Å². The molecule has 0 spiro atoms. The van der Waals surface area contributed by atoms with Gasteiger partial charge in [-0.15, -0.1) is 0 Å². The number of hydrogen-bond donors (Lipinski definition) is 0. The lowest BCUT2D eigenvalue weighted by atomic mass is 9.82. The summed E-state index contributed by atoms with van der Waals surface area (Å²) >= 11 is 0. The van der Waals surface area contributed by atoms with Crippen LogP contribution in [-0.2, 0) is 0 Å². The smallest absolute Gasteiger partial charge is 0.144 e. The predicted molar refractivity (Wildman–Crippen MR) is 228 cm³/mol. The molecule has 2 heterocycles. The molecule has 1 aliphatic carbocycles. The van der Waals surface area contributed by atoms with Crippen LogP contribution in [0.4, 0.5) is 0 Å². The number of hydrogen-bond acceptors (Lipinski definition) is 2. The first-order chi connectivity index (χ1) is 26.8. The molecule has 0 N–H and O–H groups in total. The van der Waals surface area contributed by atoms with E-state index in [-0.39, 0.29) is 0 Å². The van der Waals surface area contributed by atoms with E-state index < -0.39 is 0 Å². The molecule has 0 amide bonds. The van der Waals surface area contributed by atoms with E-state index in [1.54, 1.807) is 0 Å². The summed E-state index contributed by atoms with van der Waals surface area (Å²) in [5.41, 5.74) is 11.5. The van der Waals surface area contributed by atoms with Crippen molar-refractivity contribution in [3.63, 3.8) is 0 Å². The van der Waals surface area contributed by atoms with Crippen molar-refractivity contribution in [2.45, 2.75) is 12.8 Å². The van der Waals surface area contributed by atoms with Crippen LogP contribution in [0.2, 0.25) is 0 Å². The fourth-order valence-corrected chi connectivity index (χ4v) is 9.35. The molecule has 1 aliphatic rings. The lowest BCUT2D eigenvalue weighted by molar-refractivity contribution is 0.667. The number of furan rings is 2. The number of allylic oxidation sites excluding steroid dienone is 4. The fraction of sp³-hybridized carbons (Fsp3) is 0.0385. The molecule has 252 valence electrons. The molecule has 2 aromatic heterocycles. The lowest BCUT2D eigenvalue weighted by Crippen LogP contribution is -1.98. The van der Waals surface area contributed by atoms with Crippen molar-refractivity contribution in [1.82, 2.24) is 0 Å². The zero-order valence-corrected chi connectivity index (χ0v) is 29.4. The van der Waals surface area contributed by atoms with E-state index in [2.05, 4.69) is 158 Å². The molecule has 0 atom stereocenters. The molecule has 0 fully saturated rings. The van der Waals surface area contributed by atoms with Crippen LogP contribution in [0.3, 0.4) is 0 Å². The minimum atomic E-state index is 0.883. The first-order valence-corrected chi connectivity index (χ1v) is 18.8. The Bertz CT molecular complexity index is 3380. The maximum Gasteiger partial charge on any atom is 0.144 e. The van der Waals surface area contributed by atoms with Crippen LogP contribution in [0.1, 0.15) is 24.0 Å². The van der Waals surface area contributed by atoms with Gasteiger partial charge in [-0.2, -0.15) is 0 Å². The van der Waals surface area contributed by atoms with Crippen LogP contribution in [0.5, 0.6) is 0 Å². The highest BCUT2D eigenvalue weighted by atomic mass is 16.3. The first-order valence-electron chi connectivity index (χ1n) is 18.8. The Morgan fingerprint density at radius 1 is 0.352 bits per heavy atom. The Balaban J connectivity index is 1.00. The zero-order chi connectivity index (χ0) is 35.3. The van der Waals surface area contributed by atoms with E-state index >= 15 is 0 Å². The quantitative estimate of drug-likeness (QED) is 0.173. The van der Waals surface area contributed by atoms with Crippen LogP contribution in [0.25, 0.3) is 109 Å². The van der Waals surface area contributed by atoms with Crippen molar-refractivity contribution in [3.8, 4) is 11.1 Å². The number of para-hydroxylation sites is 1. The van der Waals surface area contributed by atoms with Crippen LogP contribution in [-0.4, -0.2) is 0 Å². The third-order valence-electron chi connectivity index (χ3n) is 11.8. The van der Waals surface area contributed by atoms with Gasteiger partial charge in [0, 0.05) is 26.9 Å². The Kier molecular flexibility index (Phi) is 6.20. The molecule has 0 bridgehead atoms. The summed E-state index contributed by atoms with van der Waals surface area (Å²) in [5.74, 6) is 0. The van der Waals surface area contributed by atoms with Gasteiger partial charge in [0.2, 0.25) is 0 Å². The molecule has 54 heavy (non-hydrogen) atoms. The summed E-state index contributed by atoms with van der Waals surface area (Å²) < 4.78 is 13.1. The van der Waals surface area contributed by atoms with Crippen LogP contribution < -0.4 is 0 Å². The second-order valence-electron chi connectivity index (χ2n) is 14.6. The number of fused-ring (bicyclic) bond motifs is 12. The highest BCUT2D eigenvalue weighted by molar-refractivity contribution is 6.28. The Morgan fingerprint density at radius 3 is 1.76 bits per heavy atom. The monoisotopic (exact) mass is 688 g/mol. The van der Waals surface area contributed by atoms with E-state index in [9.17, 15) is 0 Å². The summed E-state index contributed by atoms with van der Waals surface area (Å²) in [6.07, 6.45) is 6.60. The minimum absolute atomic E-state index is 0.883. The molecular weight excluding hydrogens is 657 g/mol. The molecule has 0 saturated heterocycles. The van der Waals surface area contributed by atoms with Crippen LogP contribution in [0, 0.1) is 0 Å². The topological polar surface area (TPSA) is 26.3 Å².